The third kappa shape index (κ3) is 5.75. The number of hydrogen-bond acceptors (Lipinski definition) is 4. The van der Waals surface area contributed by atoms with Crippen molar-refractivity contribution in [3.8, 4) is 0 Å². The lowest BCUT2D eigenvalue weighted by atomic mass is 9.93. The number of halogens is 1. The van der Waals surface area contributed by atoms with E-state index in [1.165, 1.54) is 5.56 Å². The van der Waals surface area contributed by atoms with E-state index in [1.807, 2.05) is 13.0 Å². The standard InChI is InChI=1S/C22H34FN3O2/c1-17-14-20(23)6-5-18(17)15-25-11-7-21(8-12-25)26-10-3-4-19(16-26)22(27)24-9-13-28-2/h5-6,14,19,21H,3-4,7-13,15-16H2,1-2H3,(H,24,27)/t19-/m1/s1. The summed E-state index contributed by atoms with van der Waals surface area (Å²) in [6.45, 7) is 8.12. The Morgan fingerprint density at radius 2 is 2.04 bits per heavy atom. The maximum atomic E-state index is 13.3. The molecule has 1 amide bonds. The normalized spacial score (nSPS) is 22.3. The number of carbonyl (C=O) groups is 1. The minimum Gasteiger partial charge on any atom is -0.383 e. The quantitative estimate of drug-likeness (QED) is 0.726. The van der Waals surface area contributed by atoms with Crippen LogP contribution in [0.1, 0.15) is 36.8 Å². The van der Waals surface area contributed by atoms with Crippen molar-refractivity contribution in [2.24, 2.45) is 5.92 Å². The fourth-order valence-corrected chi connectivity index (χ4v) is 4.49. The summed E-state index contributed by atoms with van der Waals surface area (Å²) in [5.74, 6) is 0.113. The molecule has 1 atom stereocenters. The van der Waals surface area contributed by atoms with Crippen LogP contribution in [0.25, 0.3) is 0 Å². The number of likely N-dealkylation sites (tertiary alicyclic amines) is 2. The van der Waals surface area contributed by atoms with Gasteiger partial charge in [-0.25, -0.2) is 4.39 Å². The van der Waals surface area contributed by atoms with Crippen LogP contribution in [0.2, 0.25) is 0 Å². The summed E-state index contributed by atoms with van der Waals surface area (Å²) in [6.07, 6.45) is 4.35. The molecule has 6 heteroatoms. The largest absolute Gasteiger partial charge is 0.383 e. The first-order valence-corrected chi connectivity index (χ1v) is 10.5. The van der Waals surface area contributed by atoms with Gasteiger partial charge in [0.25, 0.3) is 0 Å². The summed E-state index contributed by atoms with van der Waals surface area (Å²) in [4.78, 5) is 17.4. The highest BCUT2D eigenvalue weighted by Crippen LogP contribution is 2.25. The summed E-state index contributed by atoms with van der Waals surface area (Å²) < 4.78 is 18.3. The summed E-state index contributed by atoms with van der Waals surface area (Å²) in [7, 11) is 1.65. The lowest BCUT2D eigenvalue weighted by Crippen LogP contribution is -2.50. The summed E-state index contributed by atoms with van der Waals surface area (Å²) in [5.41, 5.74) is 2.24. The molecule has 2 saturated heterocycles. The molecule has 1 aromatic rings. The molecule has 156 valence electrons. The van der Waals surface area contributed by atoms with Crippen LogP contribution in [0.4, 0.5) is 4.39 Å². The lowest BCUT2D eigenvalue weighted by molar-refractivity contribution is -0.127. The van der Waals surface area contributed by atoms with E-state index in [-0.39, 0.29) is 17.6 Å². The number of aryl methyl sites for hydroxylation is 1. The first-order chi connectivity index (χ1) is 13.6. The topological polar surface area (TPSA) is 44.8 Å². The van der Waals surface area contributed by atoms with Gasteiger partial charge < -0.3 is 10.1 Å². The Morgan fingerprint density at radius 3 is 2.75 bits per heavy atom. The van der Waals surface area contributed by atoms with Crippen molar-refractivity contribution in [3.63, 3.8) is 0 Å². The Hall–Kier alpha value is -1.50. The Balaban J connectivity index is 1.45. The van der Waals surface area contributed by atoms with Crippen molar-refractivity contribution in [3.05, 3.63) is 35.1 Å². The second-order valence-electron chi connectivity index (χ2n) is 8.20. The number of methoxy groups -OCH3 is 1. The van der Waals surface area contributed by atoms with E-state index >= 15 is 0 Å². The monoisotopic (exact) mass is 391 g/mol. The highest BCUT2D eigenvalue weighted by molar-refractivity contribution is 5.78. The Bertz CT molecular complexity index is 647. The van der Waals surface area contributed by atoms with Crippen LogP contribution in [-0.2, 0) is 16.1 Å². The molecule has 5 nitrogen and oxygen atoms in total. The SMILES string of the molecule is COCCNC(=O)[C@@H]1CCCN(C2CCN(Cc3ccc(F)cc3C)CC2)C1. The van der Waals surface area contributed by atoms with E-state index in [0.717, 1.165) is 64.0 Å². The Kier molecular flexibility index (Phi) is 7.82. The number of nitrogens with zero attached hydrogens (tertiary/aromatic N) is 2. The zero-order valence-electron chi connectivity index (χ0n) is 17.3. The van der Waals surface area contributed by atoms with Gasteiger partial charge in [0.1, 0.15) is 5.82 Å². The zero-order chi connectivity index (χ0) is 19.9. The van der Waals surface area contributed by atoms with E-state index in [2.05, 4.69) is 15.1 Å². The molecule has 0 unspecified atom stereocenters. The van der Waals surface area contributed by atoms with Crippen LogP contribution < -0.4 is 5.32 Å². The van der Waals surface area contributed by atoms with Crippen LogP contribution in [-0.4, -0.2) is 68.2 Å². The molecule has 1 N–H and O–H groups in total. The lowest BCUT2D eigenvalue weighted by Gasteiger charge is -2.42. The van der Waals surface area contributed by atoms with Crippen molar-refractivity contribution >= 4 is 5.91 Å². The number of hydrogen-bond donors (Lipinski definition) is 1. The van der Waals surface area contributed by atoms with E-state index < -0.39 is 0 Å². The van der Waals surface area contributed by atoms with Crippen LogP contribution in [0, 0.1) is 18.7 Å². The van der Waals surface area contributed by atoms with Crippen LogP contribution in [0.5, 0.6) is 0 Å². The van der Waals surface area contributed by atoms with Gasteiger partial charge in [0.05, 0.1) is 12.5 Å². The van der Waals surface area contributed by atoms with E-state index in [4.69, 9.17) is 4.74 Å². The van der Waals surface area contributed by atoms with Crippen molar-refractivity contribution in [2.75, 3.05) is 46.4 Å². The molecular weight excluding hydrogens is 357 g/mol. The Labute approximate surface area is 168 Å². The average molecular weight is 392 g/mol. The summed E-state index contributed by atoms with van der Waals surface area (Å²) in [6, 6.07) is 5.66. The van der Waals surface area contributed by atoms with Gasteiger partial charge in [-0.05, 0) is 75.5 Å². The molecule has 3 rings (SSSR count). The number of rotatable bonds is 7. The van der Waals surface area contributed by atoms with Crippen LogP contribution >= 0.6 is 0 Å². The van der Waals surface area contributed by atoms with E-state index in [9.17, 15) is 9.18 Å². The van der Waals surface area contributed by atoms with Crippen LogP contribution in [0.15, 0.2) is 18.2 Å². The predicted molar refractivity (Wildman–Crippen MR) is 109 cm³/mol. The van der Waals surface area contributed by atoms with Gasteiger partial charge >= 0.3 is 0 Å². The molecule has 2 fully saturated rings. The second-order valence-corrected chi connectivity index (χ2v) is 8.20. The maximum absolute atomic E-state index is 13.3. The molecule has 0 radical (unpaired) electrons. The molecule has 2 aliphatic heterocycles. The van der Waals surface area contributed by atoms with Gasteiger partial charge in [-0.3, -0.25) is 14.6 Å². The first-order valence-electron chi connectivity index (χ1n) is 10.5. The maximum Gasteiger partial charge on any atom is 0.224 e. The zero-order valence-corrected chi connectivity index (χ0v) is 17.3. The molecule has 1 aromatic carbocycles. The van der Waals surface area contributed by atoms with Gasteiger partial charge in [-0.15, -0.1) is 0 Å². The first kappa shape index (κ1) is 21.2. The van der Waals surface area contributed by atoms with Crippen molar-refractivity contribution in [2.45, 2.75) is 45.2 Å². The fourth-order valence-electron chi connectivity index (χ4n) is 4.49. The van der Waals surface area contributed by atoms with Gasteiger partial charge in [0.2, 0.25) is 5.91 Å². The number of ether oxygens (including phenoxy) is 1. The van der Waals surface area contributed by atoms with Crippen molar-refractivity contribution in [1.82, 2.24) is 15.1 Å². The third-order valence-electron chi connectivity index (χ3n) is 6.20. The highest BCUT2D eigenvalue weighted by atomic mass is 19.1. The molecule has 28 heavy (non-hydrogen) atoms. The van der Waals surface area contributed by atoms with Crippen molar-refractivity contribution in [1.29, 1.82) is 0 Å². The number of piperidine rings is 2. The Morgan fingerprint density at radius 1 is 1.25 bits per heavy atom. The third-order valence-corrected chi connectivity index (χ3v) is 6.20. The van der Waals surface area contributed by atoms with Gasteiger partial charge in [0.15, 0.2) is 0 Å². The molecule has 0 bridgehead atoms. The number of carbonyl (C=O) groups excluding carboxylic acids is 1. The summed E-state index contributed by atoms with van der Waals surface area (Å²) in [5, 5.41) is 2.99. The van der Waals surface area contributed by atoms with Crippen LogP contribution in [0.3, 0.4) is 0 Å². The molecule has 2 aliphatic rings. The second kappa shape index (κ2) is 10.3. The molecule has 0 aromatic heterocycles. The average Bonchev–Trinajstić information content (AvgIpc) is 2.71. The fraction of sp³-hybridized carbons (Fsp3) is 0.682. The summed E-state index contributed by atoms with van der Waals surface area (Å²) >= 11 is 0. The predicted octanol–water partition coefficient (Wildman–Crippen LogP) is 2.57. The number of nitrogens with one attached hydrogen (secondary N) is 1. The van der Waals surface area contributed by atoms with Crippen molar-refractivity contribution < 1.29 is 13.9 Å². The molecule has 0 spiro atoms. The molecule has 0 aliphatic carbocycles. The van der Waals surface area contributed by atoms with Gasteiger partial charge in [-0.2, -0.15) is 0 Å². The minimum atomic E-state index is -0.161. The number of benzene rings is 1. The number of amides is 1. The van der Waals surface area contributed by atoms with E-state index in [0.29, 0.717) is 19.2 Å². The molecular formula is C22H34FN3O2. The smallest absolute Gasteiger partial charge is 0.224 e. The minimum absolute atomic E-state index is 0.102. The highest BCUT2D eigenvalue weighted by Gasteiger charge is 2.31. The molecule has 0 saturated carbocycles. The van der Waals surface area contributed by atoms with Gasteiger partial charge in [-0.1, -0.05) is 6.07 Å². The van der Waals surface area contributed by atoms with E-state index in [1.54, 1.807) is 19.2 Å². The van der Waals surface area contributed by atoms with Gasteiger partial charge in [0, 0.05) is 32.8 Å². The molecule has 2 heterocycles.